The molecule has 1 fully saturated rings. The molecule has 7 heteroatoms. The van der Waals surface area contributed by atoms with E-state index in [0.29, 0.717) is 12.5 Å². The van der Waals surface area contributed by atoms with Crippen LogP contribution < -0.4 is 10.3 Å². The zero-order chi connectivity index (χ0) is 18.5. The van der Waals surface area contributed by atoms with Crippen LogP contribution in [-0.4, -0.2) is 31.8 Å². The van der Waals surface area contributed by atoms with Crippen molar-refractivity contribution in [1.82, 2.24) is 25.2 Å². The zero-order valence-corrected chi connectivity index (χ0v) is 15.4. The summed E-state index contributed by atoms with van der Waals surface area (Å²) in [5.41, 5.74) is 0.721. The summed E-state index contributed by atoms with van der Waals surface area (Å²) in [6, 6.07) is 9.03. The van der Waals surface area contributed by atoms with E-state index in [1.54, 1.807) is 6.07 Å². The molecule has 0 saturated heterocycles. The van der Waals surface area contributed by atoms with E-state index in [0.717, 1.165) is 41.9 Å². The third-order valence-corrected chi connectivity index (χ3v) is 5.27. The Kier molecular flexibility index (Phi) is 5.46. The van der Waals surface area contributed by atoms with Crippen LogP contribution in [0.5, 0.6) is 5.75 Å². The lowest BCUT2D eigenvalue weighted by molar-refractivity contribution is 0.294. The Morgan fingerprint density at radius 1 is 1.15 bits per heavy atom. The van der Waals surface area contributed by atoms with Gasteiger partial charge in [0.2, 0.25) is 5.56 Å². The van der Waals surface area contributed by atoms with Gasteiger partial charge >= 0.3 is 0 Å². The molecule has 1 aromatic carbocycles. The van der Waals surface area contributed by atoms with Gasteiger partial charge in [-0.25, -0.2) is 4.68 Å². The number of tetrazole rings is 1. The van der Waals surface area contributed by atoms with Crippen LogP contribution in [0.3, 0.4) is 0 Å². The van der Waals surface area contributed by atoms with Gasteiger partial charge in [0, 0.05) is 29.9 Å². The Morgan fingerprint density at radius 3 is 2.93 bits per heavy atom. The van der Waals surface area contributed by atoms with E-state index in [4.69, 9.17) is 4.74 Å². The molecule has 0 bridgehead atoms. The molecule has 0 radical (unpaired) electrons. The van der Waals surface area contributed by atoms with Gasteiger partial charge in [0.15, 0.2) is 5.82 Å². The van der Waals surface area contributed by atoms with Crippen LogP contribution in [-0.2, 0) is 13.0 Å². The first kappa shape index (κ1) is 17.7. The molecule has 1 saturated carbocycles. The molecule has 7 nitrogen and oxygen atoms in total. The van der Waals surface area contributed by atoms with Gasteiger partial charge < -0.3 is 9.72 Å². The van der Waals surface area contributed by atoms with Crippen molar-refractivity contribution in [3.63, 3.8) is 0 Å². The van der Waals surface area contributed by atoms with E-state index in [2.05, 4.69) is 20.5 Å². The first-order valence-corrected chi connectivity index (χ1v) is 9.79. The van der Waals surface area contributed by atoms with E-state index in [9.17, 15) is 4.79 Å². The van der Waals surface area contributed by atoms with E-state index < -0.39 is 0 Å². The summed E-state index contributed by atoms with van der Waals surface area (Å²) in [7, 11) is 0. The Hall–Kier alpha value is -2.70. The lowest BCUT2D eigenvalue weighted by Crippen LogP contribution is -2.17. The van der Waals surface area contributed by atoms with E-state index in [-0.39, 0.29) is 5.56 Å². The molecule has 27 heavy (non-hydrogen) atoms. The van der Waals surface area contributed by atoms with Gasteiger partial charge in [0.1, 0.15) is 5.75 Å². The number of pyridine rings is 1. The summed E-state index contributed by atoms with van der Waals surface area (Å²) in [5, 5.41) is 13.2. The number of fused-ring (bicyclic) bond motifs is 1. The molecule has 0 aliphatic heterocycles. The van der Waals surface area contributed by atoms with Crippen molar-refractivity contribution in [1.29, 1.82) is 0 Å². The standard InChI is InChI=1S/C20H25N5O2/c26-20-11-8-16-13-17(9-10-18(16)21-20)27-12-4-7-19-22-23-24-25(19)14-15-5-2-1-3-6-15/h8-11,13,15H,1-7,12,14H2,(H,21,26). The molecule has 0 atom stereocenters. The van der Waals surface area contributed by atoms with Crippen molar-refractivity contribution in [2.75, 3.05) is 6.61 Å². The lowest BCUT2D eigenvalue weighted by Gasteiger charge is -2.21. The lowest BCUT2D eigenvalue weighted by atomic mass is 9.89. The van der Waals surface area contributed by atoms with Crippen LogP contribution in [0.1, 0.15) is 44.3 Å². The second kappa shape index (κ2) is 8.33. The molecule has 142 valence electrons. The molecule has 0 amide bonds. The highest BCUT2D eigenvalue weighted by Gasteiger charge is 2.16. The number of H-pyrrole nitrogens is 1. The topological polar surface area (TPSA) is 85.7 Å². The fourth-order valence-electron chi connectivity index (χ4n) is 3.80. The van der Waals surface area contributed by atoms with E-state index in [1.165, 1.54) is 38.2 Å². The summed E-state index contributed by atoms with van der Waals surface area (Å²) in [6.45, 7) is 1.54. The van der Waals surface area contributed by atoms with Crippen LogP contribution in [0.4, 0.5) is 0 Å². The second-order valence-corrected chi connectivity index (χ2v) is 7.30. The molecule has 4 rings (SSSR count). The summed E-state index contributed by atoms with van der Waals surface area (Å²) >= 11 is 0. The number of aryl methyl sites for hydroxylation is 1. The van der Waals surface area contributed by atoms with Gasteiger partial charge in [0.05, 0.1) is 6.61 Å². The van der Waals surface area contributed by atoms with Gasteiger partial charge in [-0.15, -0.1) is 5.10 Å². The van der Waals surface area contributed by atoms with E-state index in [1.807, 2.05) is 22.9 Å². The molecular weight excluding hydrogens is 342 g/mol. The number of hydrogen-bond donors (Lipinski definition) is 1. The molecule has 0 spiro atoms. The number of aromatic nitrogens is 5. The maximum Gasteiger partial charge on any atom is 0.248 e. The maximum atomic E-state index is 11.3. The zero-order valence-electron chi connectivity index (χ0n) is 15.4. The van der Waals surface area contributed by atoms with Crippen molar-refractivity contribution in [3.8, 4) is 5.75 Å². The van der Waals surface area contributed by atoms with Gasteiger partial charge in [-0.2, -0.15) is 0 Å². The minimum atomic E-state index is -0.0953. The second-order valence-electron chi connectivity index (χ2n) is 7.30. The maximum absolute atomic E-state index is 11.3. The van der Waals surface area contributed by atoms with Gasteiger partial charge in [0.25, 0.3) is 0 Å². The number of nitrogens with one attached hydrogen (secondary N) is 1. The normalized spacial score (nSPS) is 15.3. The highest BCUT2D eigenvalue weighted by Crippen LogP contribution is 2.25. The average Bonchev–Trinajstić information content (AvgIpc) is 3.13. The predicted molar refractivity (Wildman–Crippen MR) is 103 cm³/mol. The SMILES string of the molecule is O=c1ccc2cc(OCCCc3nnnn3CC3CCCCC3)ccc2[nH]1. The summed E-state index contributed by atoms with van der Waals surface area (Å²) in [6.07, 6.45) is 8.26. The van der Waals surface area contributed by atoms with Crippen LogP contribution in [0.15, 0.2) is 35.1 Å². The smallest absolute Gasteiger partial charge is 0.248 e. The van der Waals surface area contributed by atoms with Crippen molar-refractivity contribution in [2.45, 2.75) is 51.5 Å². The number of aromatic amines is 1. The fourth-order valence-corrected chi connectivity index (χ4v) is 3.80. The Bertz CT molecular complexity index is 943. The number of rotatable bonds is 7. The molecule has 2 heterocycles. The first-order chi connectivity index (χ1) is 13.3. The Balaban J connectivity index is 1.28. The Labute approximate surface area is 157 Å². The van der Waals surface area contributed by atoms with Gasteiger partial charge in [-0.1, -0.05) is 19.3 Å². The molecule has 1 N–H and O–H groups in total. The molecular formula is C20H25N5O2. The van der Waals surface area contributed by atoms with Crippen molar-refractivity contribution < 1.29 is 4.74 Å². The van der Waals surface area contributed by atoms with Gasteiger partial charge in [-0.3, -0.25) is 4.79 Å². The minimum absolute atomic E-state index is 0.0953. The molecule has 2 aromatic heterocycles. The quantitative estimate of drug-likeness (QED) is 0.649. The molecule has 3 aromatic rings. The number of nitrogens with zero attached hydrogens (tertiary/aromatic N) is 4. The number of hydrogen-bond acceptors (Lipinski definition) is 5. The average molecular weight is 367 g/mol. The number of ether oxygens (including phenoxy) is 1. The predicted octanol–water partition coefficient (Wildman–Crippen LogP) is 3.11. The third-order valence-electron chi connectivity index (χ3n) is 5.27. The van der Waals surface area contributed by atoms with Crippen LogP contribution >= 0.6 is 0 Å². The number of benzene rings is 1. The van der Waals surface area contributed by atoms with Crippen LogP contribution in [0.2, 0.25) is 0 Å². The van der Waals surface area contributed by atoms with E-state index >= 15 is 0 Å². The van der Waals surface area contributed by atoms with Crippen LogP contribution in [0, 0.1) is 5.92 Å². The molecule has 1 aliphatic rings. The summed E-state index contributed by atoms with van der Waals surface area (Å²) in [4.78, 5) is 14.1. The molecule has 0 unspecified atom stereocenters. The third kappa shape index (κ3) is 4.53. The van der Waals surface area contributed by atoms with Crippen molar-refractivity contribution in [3.05, 3.63) is 46.5 Å². The summed E-state index contributed by atoms with van der Waals surface area (Å²) in [5.74, 6) is 2.46. The van der Waals surface area contributed by atoms with Gasteiger partial charge in [-0.05, 0) is 59.9 Å². The minimum Gasteiger partial charge on any atom is -0.494 e. The van der Waals surface area contributed by atoms with Crippen molar-refractivity contribution in [2.24, 2.45) is 5.92 Å². The largest absolute Gasteiger partial charge is 0.494 e. The van der Waals surface area contributed by atoms with Crippen LogP contribution in [0.25, 0.3) is 10.9 Å². The highest BCUT2D eigenvalue weighted by molar-refractivity contribution is 5.79. The summed E-state index contributed by atoms with van der Waals surface area (Å²) < 4.78 is 7.84. The monoisotopic (exact) mass is 367 g/mol. The highest BCUT2D eigenvalue weighted by atomic mass is 16.5. The van der Waals surface area contributed by atoms with Crippen molar-refractivity contribution >= 4 is 10.9 Å². The molecule has 1 aliphatic carbocycles. The Morgan fingerprint density at radius 2 is 2.04 bits per heavy atom. The fraction of sp³-hybridized carbons (Fsp3) is 0.500. The first-order valence-electron chi connectivity index (χ1n) is 9.79.